The van der Waals surface area contributed by atoms with E-state index < -0.39 is 0 Å². The number of rotatable bonds is 8. The zero-order valence-electron chi connectivity index (χ0n) is 20.3. The first-order chi connectivity index (χ1) is 13.4. The quantitative estimate of drug-likeness (QED) is 0.275. The molecule has 0 aliphatic carbocycles. The summed E-state index contributed by atoms with van der Waals surface area (Å²) in [5.74, 6) is 1.77. The predicted molar refractivity (Wildman–Crippen MR) is 135 cm³/mol. The van der Waals surface area contributed by atoms with Gasteiger partial charge in [-0.2, -0.15) is 5.10 Å². The minimum Gasteiger partial charge on any atom is -0.311 e. The standard InChI is InChI=1S/C12H22N2.C8H12N2O.C4H10.CH4/c1-10(2)12(6-8-13-5)7-9-14-11(3)4;1-5(2)7-4-8(6(3)11)10-9-7;1-4(2)3;/h6-8,10-11,14H,5,9H2,1-4H3;4-5H,1-3H3,(H,9,10);4H,1-3H3;1H4/b8-6-,12-7+;;;. The molecule has 0 aromatic carbocycles. The number of hydrogen-bond acceptors (Lipinski definition) is 4. The molecule has 0 saturated heterocycles. The molecule has 0 aliphatic heterocycles. The molecule has 1 heterocycles. The van der Waals surface area contributed by atoms with E-state index in [0.717, 1.165) is 18.2 Å². The van der Waals surface area contributed by atoms with E-state index in [0.29, 0.717) is 23.6 Å². The van der Waals surface area contributed by atoms with Gasteiger partial charge in [0.15, 0.2) is 5.78 Å². The monoisotopic (exact) mass is 420 g/mol. The van der Waals surface area contributed by atoms with E-state index in [1.165, 1.54) is 12.5 Å². The van der Waals surface area contributed by atoms with E-state index in [2.05, 4.69) is 95.6 Å². The van der Waals surface area contributed by atoms with Crippen LogP contribution in [0.3, 0.4) is 0 Å². The van der Waals surface area contributed by atoms with Crippen molar-refractivity contribution in [3.8, 4) is 0 Å². The average molecular weight is 421 g/mol. The van der Waals surface area contributed by atoms with Crippen LogP contribution in [0.2, 0.25) is 0 Å². The number of allylic oxidation sites excluding steroid dienone is 2. The number of nitrogens with one attached hydrogen (secondary N) is 2. The Kier molecular flexibility index (Phi) is 20.7. The van der Waals surface area contributed by atoms with Gasteiger partial charge in [0.05, 0.1) is 0 Å². The minimum absolute atomic E-state index is 0. The lowest BCUT2D eigenvalue weighted by atomic mass is 10.0. The fourth-order valence-corrected chi connectivity index (χ4v) is 1.86. The van der Waals surface area contributed by atoms with E-state index in [9.17, 15) is 4.79 Å². The molecule has 0 aliphatic rings. The summed E-state index contributed by atoms with van der Waals surface area (Å²) in [4.78, 5) is 14.5. The Morgan fingerprint density at radius 1 is 1.17 bits per heavy atom. The molecule has 0 unspecified atom stereocenters. The van der Waals surface area contributed by atoms with Crippen LogP contribution in [0.15, 0.2) is 35.0 Å². The molecule has 0 radical (unpaired) electrons. The number of H-pyrrole nitrogens is 1. The van der Waals surface area contributed by atoms with E-state index in [1.807, 2.05) is 6.08 Å². The first kappa shape index (κ1) is 32.6. The molecule has 0 amide bonds. The highest BCUT2D eigenvalue weighted by Crippen LogP contribution is 2.12. The molecule has 30 heavy (non-hydrogen) atoms. The molecular formula is C25H48N4O. The predicted octanol–water partition coefficient (Wildman–Crippen LogP) is 6.82. The van der Waals surface area contributed by atoms with Gasteiger partial charge in [-0.15, -0.1) is 0 Å². The Morgan fingerprint density at radius 3 is 2.00 bits per heavy atom. The van der Waals surface area contributed by atoms with Crippen LogP contribution < -0.4 is 5.32 Å². The summed E-state index contributed by atoms with van der Waals surface area (Å²) in [6, 6.07) is 2.33. The fraction of sp³-hybridized carbons (Fsp3) is 0.640. The van der Waals surface area contributed by atoms with Crippen molar-refractivity contribution in [2.75, 3.05) is 6.54 Å². The van der Waals surface area contributed by atoms with Gasteiger partial charge in [0.1, 0.15) is 5.69 Å². The third-order valence-electron chi connectivity index (χ3n) is 3.48. The third-order valence-corrected chi connectivity index (χ3v) is 3.48. The molecule has 0 atom stereocenters. The first-order valence-electron chi connectivity index (χ1n) is 10.5. The molecule has 0 saturated carbocycles. The Bertz CT molecular complexity index is 620. The van der Waals surface area contributed by atoms with Crippen molar-refractivity contribution >= 4 is 12.5 Å². The van der Waals surface area contributed by atoms with Crippen LogP contribution in [-0.2, 0) is 0 Å². The Labute approximate surface area is 186 Å². The third kappa shape index (κ3) is 19.3. The number of ketones is 1. The molecule has 1 rings (SSSR count). The molecule has 0 bridgehead atoms. The lowest BCUT2D eigenvalue weighted by Crippen LogP contribution is -2.22. The highest BCUT2D eigenvalue weighted by atomic mass is 16.1. The second-order valence-electron chi connectivity index (χ2n) is 8.57. The summed E-state index contributed by atoms with van der Waals surface area (Å²) >= 11 is 0. The summed E-state index contributed by atoms with van der Waals surface area (Å²) in [7, 11) is 0. The second kappa shape index (κ2) is 19.0. The average Bonchev–Trinajstić information content (AvgIpc) is 3.08. The van der Waals surface area contributed by atoms with Crippen molar-refractivity contribution in [1.29, 1.82) is 0 Å². The highest BCUT2D eigenvalue weighted by Gasteiger charge is 2.06. The van der Waals surface area contributed by atoms with Crippen LogP contribution in [0.1, 0.15) is 98.8 Å². The van der Waals surface area contributed by atoms with Crippen LogP contribution in [-0.4, -0.2) is 35.3 Å². The van der Waals surface area contributed by atoms with Crippen LogP contribution in [0.4, 0.5) is 0 Å². The number of nitrogens with zero attached hydrogens (tertiary/aromatic N) is 2. The number of hydrogen-bond donors (Lipinski definition) is 2. The summed E-state index contributed by atoms with van der Waals surface area (Å²) in [6.45, 7) is 25.1. The maximum Gasteiger partial charge on any atom is 0.179 e. The number of carbonyl (C=O) groups is 1. The number of aliphatic imine (C=N–C) groups is 1. The lowest BCUT2D eigenvalue weighted by molar-refractivity contribution is 0.101. The Hall–Kier alpha value is -2.01. The van der Waals surface area contributed by atoms with Gasteiger partial charge in [-0.25, -0.2) is 0 Å². The van der Waals surface area contributed by atoms with Gasteiger partial charge in [0, 0.05) is 31.4 Å². The van der Waals surface area contributed by atoms with E-state index in [-0.39, 0.29) is 13.2 Å². The van der Waals surface area contributed by atoms with Gasteiger partial charge in [0.2, 0.25) is 0 Å². The van der Waals surface area contributed by atoms with E-state index in [4.69, 9.17) is 0 Å². The highest BCUT2D eigenvalue weighted by molar-refractivity contribution is 5.92. The molecule has 174 valence electrons. The van der Waals surface area contributed by atoms with Gasteiger partial charge >= 0.3 is 0 Å². The van der Waals surface area contributed by atoms with Gasteiger partial charge in [-0.1, -0.05) is 75.8 Å². The number of carbonyl (C=O) groups excluding carboxylic acids is 1. The normalized spacial score (nSPS) is 11.2. The second-order valence-corrected chi connectivity index (χ2v) is 8.57. The largest absolute Gasteiger partial charge is 0.311 e. The van der Waals surface area contributed by atoms with Gasteiger partial charge in [0.25, 0.3) is 0 Å². The van der Waals surface area contributed by atoms with Crippen molar-refractivity contribution in [3.63, 3.8) is 0 Å². The molecule has 0 fully saturated rings. The van der Waals surface area contributed by atoms with Crippen LogP contribution in [0.5, 0.6) is 0 Å². The van der Waals surface area contributed by atoms with Crippen molar-refractivity contribution in [2.45, 2.75) is 88.6 Å². The van der Waals surface area contributed by atoms with Crippen LogP contribution in [0.25, 0.3) is 0 Å². The molecule has 5 nitrogen and oxygen atoms in total. The minimum atomic E-state index is 0. The number of aromatic amines is 1. The smallest absolute Gasteiger partial charge is 0.179 e. The van der Waals surface area contributed by atoms with Crippen LogP contribution in [0, 0.1) is 11.8 Å². The van der Waals surface area contributed by atoms with Crippen molar-refractivity contribution < 1.29 is 4.79 Å². The Balaban J connectivity index is -0.000000407. The first-order valence-corrected chi connectivity index (χ1v) is 10.5. The van der Waals surface area contributed by atoms with Crippen molar-refractivity contribution in [3.05, 3.63) is 41.4 Å². The molecule has 0 spiro atoms. The number of aromatic nitrogens is 2. The van der Waals surface area contributed by atoms with E-state index >= 15 is 0 Å². The summed E-state index contributed by atoms with van der Waals surface area (Å²) in [5.41, 5.74) is 2.83. The topological polar surface area (TPSA) is 70.1 Å². The van der Waals surface area contributed by atoms with Gasteiger partial charge < -0.3 is 5.32 Å². The zero-order valence-corrected chi connectivity index (χ0v) is 20.3. The summed E-state index contributed by atoms with van der Waals surface area (Å²) < 4.78 is 0. The lowest BCUT2D eigenvalue weighted by Gasteiger charge is -2.08. The van der Waals surface area contributed by atoms with Crippen molar-refractivity contribution in [1.82, 2.24) is 15.5 Å². The fourth-order valence-electron chi connectivity index (χ4n) is 1.86. The van der Waals surface area contributed by atoms with Crippen LogP contribution >= 0.6 is 0 Å². The molecule has 1 aromatic rings. The van der Waals surface area contributed by atoms with Crippen molar-refractivity contribution in [2.24, 2.45) is 16.8 Å². The summed E-state index contributed by atoms with van der Waals surface area (Å²) in [6.07, 6.45) is 5.95. The van der Waals surface area contributed by atoms with E-state index in [1.54, 1.807) is 12.3 Å². The molecular weight excluding hydrogens is 372 g/mol. The molecule has 5 heteroatoms. The maximum absolute atomic E-state index is 10.8. The summed E-state index contributed by atoms with van der Waals surface area (Å²) in [5, 5.41) is 10.0. The molecule has 2 N–H and O–H groups in total. The molecule has 1 aromatic heterocycles. The van der Waals surface area contributed by atoms with Gasteiger partial charge in [-0.05, 0) is 42.2 Å². The zero-order chi connectivity index (χ0) is 23.0. The maximum atomic E-state index is 10.8. The Morgan fingerprint density at radius 2 is 1.70 bits per heavy atom. The van der Waals surface area contributed by atoms with Gasteiger partial charge in [-0.3, -0.25) is 14.9 Å². The SMILES string of the molecule is C.C=N/C=C\C(=C/CNC(C)C)C(C)C.CC(=O)c1cc(C(C)C)[nH]n1.CC(C)C. The number of Topliss-reactive ketones (excluding diaryl/α,β-unsaturated/α-hetero) is 1.